The molecule has 1 aromatic rings. The molecule has 1 aliphatic rings. The van der Waals surface area contributed by atoms with Crippen molar-refractivity contribution in [3.8, 4) is 0 Å². The zero-order chi connectivity index (χ0) is 19.7. The number of carbonyl (C=O) groups is 1. The van der Waals surface area contributed by atoms with Crippen LogP contribution in [0.3, 0.4) is 0 Å². The number of rotatable bonds is 4. The van der Waals surface area contributed by atoms with Gasteiger partial charge in [0, 0.05) is 0 Å². The maximum absolute atomic E-state index is 12.6. The normalized spacial score (nSPS) is 23.5. The minimum atomic E-state index is -3.81. The Labute approximate surface area is 154 Å². The zero-order valence-electron chi connectivity index (χ0n) is 15.6. The van der Waals surface area contributed by atoms with Crippen molar-refractivity contribution in [1.29, 1.82) is 0 Å². The molecule has 3 N–H and O–H groups in total. The molecule has 144 valence electrons. The fourth-order valence-corrected chi connectivity index (χ4v) is 3.85. The van der Waals surface area contributed by atoms with Crippen molar-refractivity contribution in [2.24, 2.45) is 0 Å². The van der Waals surface area contributed by atoms with E-state index in [0.717, 1.165) is 5.56 Å². The highest BCUT2D eigenvalue weighted by atomic mass is 32.2. The van der Waals surface area contributed by atoms with Crippen LogP contribution in [0, 0.1) is 6.92 Å². The lowest BCUT2D eigenvalue weighted by Gasteiger charge is -2.27. The van der Waals surface area contributed by atoms with E-state index >= 15 is 0 Å². The van der Waals surface area contributed by atoms with Gasteiger partial charge in [0.05, 0.1) is 23.1 Å². The Morgan fingerprint density at radius 2 is 1.73 bits per heavy atom. The third kappa shape index (κ3) is 5.06. The van der Waals surface area contributed by atoms with E-state index in [-0.39, 0.29) is 4.90 Å². The van der Waals surface area contributed by atoms with Crippen LogP contribution in [0.5, 0.6) is 0 Å². The molecule has 0 radical (unpaired) electrons. The van der Waals surface area contributed by atoms with Gasteiger partial charge in [0.15, 0.2) is 0 Å². The number of benzene rings is 1. The van der Waals surface area contributed by atoms with Gasteiger partial charge in [-0.05, 0) is 52.3 Å². The summed E-state index contributed by atoms with van der Waals surface area (Å²) in [6, 6.07) is 4.78. The molecule has 1 amide bonds. The summed E-state index contributed by atoms with van der Waals surface area (Å²) in [5, 5.41) is 12.9. The lowest BCUT2D eigenvalue weighted by atomic mass is 10.1. The second kappa shape index (κ2) is 7.38. The first-order valence-electron chi connectivity index (χ1n) is 8.34. The molecule has 0 aliphatic heterocycles. The molecule has 0 spiro atoms. The molecule has 0 saturated heterocycles. The average Bonchev–Trinajstić information content (AvgIpc) is 2.73. The Balaban J connectivity index is 2.17. The summed E-state index contributed by atoms with van der Waals surface area (Å²) in [6.45, 7) is 8.70. The minimum Gasteiger partial charge on any atom is -0.444 e. The van der Waals surface area contributed by atoms with Gasteiger partial charge in [-0.3, -0.25) is 0 Å². The molecular weight excluding hydrogens is 356 g/mol. The van der Waals surface area contributed by atoms with E-state index in [2.05, 4.69) is 10.0 Å². The second-order valence-corrected chi connectivity index (χ2v) is 9.20. The highest BCUT2D eigenvalue weighted by molar-refractivity contribution is 7.89. The van der Waals surface area contributed by atoms with Gasteiger partial charge in [-0.25, -0.2) is 17.9 Å². The van der Waals surface area contributed by atoms with Crippen LogP contribution in [0.1, 0.15) is 33.3 Å². The number of hydrogen-bond donors (Lipinski definition) is 3. The topological polar surface area (TPSA) is 105 Å². The van der Waals surface area contributed by atoms with E-state index in [1.807, 2.05) is 6.92 Å². The number of nitrogens with one attached hydrogen (secondary N) is 2. The van der Waals surface area contributed by atoms with E-state index in [1.54, 1.807) is 45.9 Å². The first-order chi connectivity index (χ1) is 11.9. The fraction of sp³-hybridized carbons (Fsp3) is 0.500. The van der Waals surface area contributed by atoms with Gasteiger partial charge >= 0.3 is 6.09 Å². The smallest absolute Gasteiger partial charge is 0.408 e. The summed E-state index contributed by atoms with van der Waals surface area (Å²) in [5.74, 6) is 0. The Morgan fingerprint density at radius 3 is 2.27 bits per heavy atom. The molecule has 0 bridgehead atoms. The monoisotopic (exact) mass is 382 g/mol. The van der Waals surface area contributed by atoms with Gasteiger partial charge in [0.2, 0.25) is 10.0 Å². The number of alkyl carbamates (subject to hydrolysis) is 1. The van der Waals surface area contributed by atoms with Gasteiger partial charge in [-0.2, -0.15) is 0 Å². The molecule has 1 aliphatic carbocycles. The Kier molecular flexibility index (Phi) is 5.79. The number of amides is 1. The van der Waals surface area contributed by atoms with Crippen LogP contribution in [-0.4, -0.2) is 43.4 Å². The van der Waals surface area contributed by atoms with E-state index in [1.165, 1.54) is 12.1 Å². The molecule has 0 aromatic heterocycles. The summed E-state index contributed by atoms with van der Waals surface area (Å²) < 4.78 is 32.9. The molecule has 8 heteroatoms. The number of aryl methyl sites for hydroxylation is 1. The zero-order valence-corrected chi connectivity index (χ0v) is 16.4. The van der Waals surface area contributed by atoms with Crippen LogP contribution in [0.25, 0.3) is 0 Å². The van der Waals surface area contributed by atoms with Crippen LogP contribution in [0.4, 0.5) is 4.79 Å². The van der Waals surface area contributed by atoms with Crippen LogP contribution in [0.2, 0.25) is 0 Å². The Morgan fingerprint density at radius 1 is 1.15 bits per heavy atom. The summed E-state index contributed by atoms with van der Waals surface area (Å²) in [5.41, 5.74) is 0.815. The number of ether oxygens (including phenoxy) is 1. The first kappa shape index (κ1) is 20.4. The van der Waals surface area contributed by atoms with E-state index in [9.17, 15) is 18.3 Å². The van der Waals surface area contributed by atoms with Crippen molar-refractivity contribution in [3.63, 3.8) is 0 Å². The van der Waals surface area contributed by atoms with E-state index in [0.29, 0.717) is 5.57 Å². The molecule has 0 heterocycles. The number of aliphatic hydroxyl groups excluding tert-OH is 1. The quantitative estimate of drug-likeness (QED) is 0.690. The van der Waals surface area contributed by atoms with Gasteiger partial charge in [0.25, 0.3) is 0 Å². The molecule has 26 heavy (non-hydrogen) atoms. The van der Waals surface area contributed by atoms with Crippen molar-refractivity contribution in [3.05, 3.63) is 41.5 Å². The summed E-state index contributed by atoms with van der Waals surface area (Å²) in [7, 11) is -3.81. The molecule has 0 fully saturated rings. The summed E-state index contributed by atoms with van der Waals surface area (Å²) in [6.07, 6.45) is -0.129. The fourth-order valence-electron chi connectivity index (χ4n) is 2.65. The SMILES string of the molecule is CC1=C[C@@H](NS(=O)(=O)c2ccc(C)cc2)[C@H](NC(=O)OC(C)(C)C)[C@@H]1O. The van der Waals surface area contributed by atoms with Gasteiger partial charge in [0.1, 0.15) is 5.60 Å². The lowest BCUT2D eigenvalue weighted by molar-refractivity contribution is 0.0449. The largest absolute Gasteiger partial charge is 0.444 e. The molecule has 7 nitrogen and oxygen atoms in total. The summed E-state index contributed by atoms with van der Waals surface area (Å²) in [4.78, 5) is 12.2. The molecular formula is C18H26N2O5S. The van der Waals surface area contributed by atoms with Crippen molar-refractivity contribution >= 4 is 16.1 Å². The van der Waals surface area contributed by atoms with Gasteiger partial charge in [-0.15, -0.1) is 0 Å². The van der Waals surface area contributed by atoms with Crippen molar-refractivity contribution in [2.75, 3.05) is 0 Å². The average molecular weight is 382 g/mol. The predicted octanol–water partition coefficient (Wildman–Crippen LogP) is 1.86. The Bertz CT molecular complexity index is 794. The van der Waals surface area contributed by atoms with Crippen LogP contribution < -0.4 is 10.0 Å². The molecule has 0 unspecified atom stereocenters. The van der Waals surface area contributed by atoms with Crippen molar-refractivity contribution < 1.29 is 23.1 Å². The first-order valence-corrected chi connectivity index (χ1v) is 9.82. The van der Waals surface area contributed by atoms with Crippen LogP contribution in [-0.2, 0) is 14.8 Å². The minimum absolute atomic E-state index is 0.117. The maximum Gasteiger partial charge on any atom is 0.408 e. The predicted molar refractivity (Wildman–Crippen MR) is 98.2 cm³/mol. The third-order valence-corrected chi connectivity index (χ3v) is 5.42. The molecule has 3 atom stereocenters. The molecule has 1 aromatic carbocycles. The number of aliphatic hydroxyl groups is 1. The summed E-state index contributed by atoms with van der Waals surface area (Å²) >= 11 is 0. The standard InChI is InChI=1S/C18H26N2O5S/c1-11-6-8-13(9-7-11)26(23,24)20-14-10-12(2)16(21)15(14)19-17(22)25-18(3,4)5/h6-10,14-16,20-21H,1-5H3,(H,19,22)/t14-,15+,16-/m1/s1. The van der Waals surface area contributed by atoms with E-state index < -0.39 is 39.9 Å². The van der Waals surface area contributed by atoms with Crippen LogP contribution >= 0.6 is 0 Å². The lowest BCUT2D eigenvalue weighted by Crippen LogP contribution is -2.54. The molecule has 2 rings (SSSR count). The van der Waals surface area contributed by atoms with Crippen molar-refractivity contribution in [1.82, 2.24) is 10.0 Å². The number of carbonyl (C=O) groups excluding carboxylic acids is 1. The number of sulfonamides is 1. The second-order valence-electron chi connectivity index (χ2n) is 7.49. The van der Waals surface area contributed by atoms with Gasteiger partial charge < -0.3 is 15.2 Å². The van der Waals surface area contributed by atoms with Crippen molar-refractivity contribution in [2.45, 2.75) is 63.3 Å². The maximum atomic E-state index is 12.6. The Hall–Kier alpha value is -1.90. The third-order valence-electron chi connectivity index (χ3n) is 3.94. The van der Waals surface area contributed by atoms with Gasteiger partial charge in [-0.1, -0.05) is 23.8 Å². The number of hydrogen-bond acceptors (Lipinski definition) is 5. The highest BCUT2D eigenvalue weighted by Crippen LogP contribution is 2.22. The molecule has 0 saturated carbocycles. The van der Waals surface area contributed by atoms with E-state index in [4.69, 9.17) is 4.74 Å². The highest BCUT2D eigenvalue weighted by Gasteiger charge is 2.38. The van der Waals surface area contributed by atoms with Crippen LogP contribution in [0.15, 0.2) is 40.8 Å².